The van der Waals surface area contributed by atoms with Crippen LogP contribution in [0.25, 0.3) is 28.1 Å². The summed E-state index contributed by atoms with van der Waals surface area (Å²) < 4.78 is 2.17. The molecular formula is C21H19ClN4. The monoisotopic (exact) mass is 362 g/mol. The van der Waals surface area contributed by atoms with Gasteiger partial charge in [0.15, 0.2) is 0 Å². The Bertz CT molecular complexity index is 1130. The number of aromatic nitrogens is 2. The largest absolute Gasteiger partial charge is 0.397 e. The van der Waals surface area contributed by atoms with Gasteiger partial charge in [0.2, 0.25) is 0 Å². The zero-order valence-electron chi connectivity index (χ0n) is 14.6. The number of para-hydroxylation sites is 2. The minimum absolute atomic E-state index is 0.159. The molecule has 0 bridgehead atoms. The summed E-state index contributed by atoms with van der Waals surface area (Å²) in [6, 6.07) is 19.9. The Balaban J connectivity index is 2.15. The van der Waals surface area contributed by atoms with Crippen molar-refractivity contribution in [1.82, 2.24) is 9.55 Å². The number of nitrogen functional groups attached to an aromatic ring is 1. The van der Waals surface area contributed by atoms with Crippen LogP contribution in [0.1, 0.15) is 13.8 Å². The van der Waals surface area contributed by atoms with Crippen LogP contribution in [0, 0.1) is 0 Å². The Kier molecular flexibility index (Phi) is 4.13. The Morgan fingerprint density at radius 3 is 2.50 bits per heavy atom. The van der Waals surface area contributed by atoms with E-state index in [4.69, 9.17) is 22.3 Å². The number of anilines is 1. The SMILES string of the molecule is CC(C)N=c1cc2n(-c3ccc(Cl)cc3)c3ccccc3nc-2cc1N. The summed E-state index contributed by atoms with van der Waals surface area (Å²) >= 11 is 6.09. The highest BCUT2D eigenvalue weighted by atomic mass is 35.5. The molecule has 1 aliphatic heterocycles. The average molecular weight is 363 g/mol. The number of rotatable bonds is 2. The van der Waals surface area contributed by atoms with E-state index in [-0.39, 0.29) is 6.04 Å². The lowest BCUT2D eigenvalue weighted by Gasteiger charge is -2.19. The third-order valence-electron chi connectivity index (χ3n) is 4.21. The van der Waals surface area contributed by atoms with Crippen LogP contribution in [0.4, 0.5) is 5.69 Å². The number of benzene rings is 3. The van der Waals surface area contributed by atoms with Gasteiger partial charge in [-0.25, -0.2) is 4.98 Å². The van der Waals surface area contributed by atoms with Crippen molar-refractivity contribution < 1.29 is 0 Å². The molecular weight excluding hydrogens is 344 g/mol. The lowest BCUT2D eigenvalue weighted by atomic mass is 10.1. The minimum Gasteiger partial charge on any atom is -0.397 e. The topological polar surface area (TPSA) is 56.2 Å². The third kappa shape index (κ3) is 2.93. The van der Waals surface area contributed by atoms with Gasteiger partial charge in [0.1, 0.15) is 0 Å². The van der Waals surface area contributed by atoms with Crippen LogP contribution in [0.15, 0.2) is 65.7 Å². The van der Waals surface area contributed by atoms with Crippen LogP contribution in [0.2, 0.25) is 5.02 Å². The first-order chi connectivity index (χ1) is 12.5. The van der Waals surface area contributed by atoms with E-state index in [0.717, 1.165) is 33.5 Å². The number of nitrogens with two attached hydrogens (primary N) is 1. The molecule has 0 amide bonds. The fourth-order valence-corrected chi connectivity index (χ4v) is 3.24. The summed E-state index contributed by atoms with van der Waals surface area (Å²) in [6.45, 7) is 4.07. The summed E-state index contributed by atoms with van der Waals surface area (Å²) in [5, 5.41) is 1.49. The number of hydrogen-bond acceptors (Lipinski definition) is 3. The van der Waals surface area contributed by atoms with Crippen LogP contribution >= 0.6 is 11.6 Å². The zero-order chi connectivity index (χ0) is 18.3. The van der Waals surface area contributed by atoms with Gasteiger partial charge in [0.25, 0.3) is 0 Å². The van der Waals surface area contributed by atoms with E-state index < -0.39 is 0 Å². The van der Waals surface area contributed by atoms with E-state index in [1.54, 1.807) is 0 Å². The lowest BCUT2D eigenvalue weighted by Crippen LogP contribution is -2.16. The fraction of sp³-hybridized carbons (Fsp3) is 0.143. The highest BCUT2D eigenvalue weighted by molar-refractivity contribution is 6.30. The predicted molar refractivity (Wildman–Crippen MR) is 108 cm³/mol. The molecule has 2 aromatic rings. The molecule has 2 aliphatic rings. The standard InChI is InChI=1S/C21H19ClN4/c1-13(2)24-18-12-21-19(11-16(18)23)25-17-5-3-4-6-20(17)26(21)15-9-7-14(22)8-10-15/h3-13H,23H2,1-2H3. The first kappa shape index (κ1) is 16.6. The highest BCUT2D eigenvalue weighted by Crippen LogP contribution is 2.29. The van der Waals surface area contributed by atoms with E-state index in [1.807, 2.05) is 68.4 Å². The first-order valence-corrected chi connectivity index (χ1v) is 8.91. The molecule has 0 unspecified atom stereocenters. The third-order valence-corrected chi connectivity index (χ3v) is 4.46. The van der Waals surface area contributed by atoms with Gasteiger partial charge in [-0.15, -0.1) is 0 Å². The molecule has 4 nitrogen and oxygen atoms in total. The second kappa shape index (κ2) is 6.46. The van der Waals surface area contributed by atoms with Crippen molar-refractivity contribution in [2.24, 2.45) is 4.99 Å². The zero-order valence-corrected chi connectivity index (χ0v) is 15.4. The maximum Gasteiger partial charge on any atom is 0.0900 e. The lowest BCUT2D eigenvalue weighted by molar-refractivity contribution is 0.806. The Hall–Kier alpha value is -2.85. The van der Waals surface area contributed by atoms with Crippen LogP contribution in [-0.4, -0.2) is 15.6 Å². The molecule has 26 heavy (non-hydrogen) atoms. The summed E-state index contributed by atoms with van der Waals surface area (Å²) in [7, 11) is 0. The van der Waals surface area contributed by atoms with Gasteiger partial charge >= 0.3 is 0 Å². The quantitative estimate of drug-likeness (QED) is 0.416. The molecule has 0 spiro atoms. The van der Waals surface area contributed by atoms with Crippen molar-refractivity contribution in [1.29, 1.82) is 0 Å². The van der Waals surface area contributed by atoms with Crippen molar-refractivity contribution >= 4 is 28.3 Å². The maximum absolute atomic E-state index is 6.23. The number of hydrogen-bond donors (Lipinski definition) is 1. The van der Waals surface area contributed by atoms with Gasteiger partial charge in [-0.2, -0.15) is 0 Å². The summed E-state index contributed by atoms with van der Waals surface area (Å²) in [4.78, 5) is 9.44. The molecule has 130 valence electrons. The molecule has 0 atom stereocenters. The Morgan fingerprint density at radius 2 is 1.77 bits per heavy atom. The van der Waals surface area contributed by atoms with Gasteiger partial charge in [-0.3, -0.25) is 4.99 Å². The van der Waals surface area contributed by atoms with Gasteiger partial charge in [-0.05, 0) is 62.4 Å². The molecule has 0 saturated carbocycles. The highest BCUT2D eigenvalue weighted by Gasteiger charge is 2.15. The molecule has 1 aliphatic carbocycles. The molecule has 2 aromatic carbocycles. The van der Waals surface area contributed by atoms with E-state index >= 15 is 0 Å². The fourth-order valence-electron chi connectivity index (χ4n) is 3.12. The summed E-state index contributed by atoms with van der Waals surface area (Å²) in [6.07, 6.45) is 0. The first-order valence-electron chi connectivity index (χ1n) is 8.54. The van der Waals surface area contributed by atoms with Crippen molar-refractivity contribution in [3.8, 4) is 17.1 Å². The van der Waals surface area contributed by atoms with E-state index in [2.05, 4.69) is 15.6 Å². The van der Waals surface area contributed by atoms with E-state index in [0.29, 0.717) is 10.7 Å². The van der Waals surface area contributed by atoms with E-state index in [9.17, 15) is 0 Å². The molecule has 0 saturated heterocycles. The summed E-state index contributed by atoms with van der Waals surface area (Å²) in [5.74, 6) is 0. The predicted octanol–water partition coefficient (Wildman–Crippen LogP) is 4.68. The Labute approximate surface area is 156 Å². The van der Waals surface area contributed by atoms with Gasteiger partial charge in [0.05, 0.1) is 33.5 Å². The molecule has 0 radical (unpaired) electrons. The van der Waals surface area contributed by atoms with Gasteiger partial charge in [0, 0.05) is 16.8 Å². The van der Waals surface area contributed by atoms with Crippen LogP contribution in [0.5, 0.6) is 0 Å². The van der Waals surface area contributed by atoms with Crippen molar-refractivity contribution in [2.75, 3.05) is 5.73 Å². The van der Waals surface area contributed by atoms with Crippen LogP contribution in [-0.2, 0) is 0 Å². The van der Waals surface area contributed by atoms with Crippen molar-refractivity contribution in [3.63, 3.8) is 0 Å². The van der Waals surface area contributed by atoms with Crippen LogP contribution in [0.3, 0.4) is 0 Å². The maximum atomic E-state index is 6.23. The summed E-state index contributed by atoms with van der Waals surface area (Å²) in [5.41, 5.74) is 11.6. The molecule has 1 heterocycles. The molecule has 4 rings (SSSR count). The number of fused-ring (bicyclic) bond motifs is 2. The van der Waals surface area contributed by atoms with Gasteiger partial charge in [-0.1, -0.05) is 23.7 Å². The molecule has 2 N–H and O–H groups in total. The molecule has 5 heteroatoms. The number of nitrogens with zero attached hydrogens (tertiary/aromatic N) is 3. The second-order valence-electron chi connectivity index (χ2n) is 6.53. The van der Waals surface area contributed by atoms with Gasteiger partial charge < -0.3 is 10.3 Å². The van der Waals surface area contributed by atoms with Crippen molar-refractivity contribution in [2.45, 2.75) is 19.9 Å². The minimum atomic E-state index is 0.159. The van der Waals surface area contributed by atoms with Crippen molar-refractivity contribution in [3.05, 3.63) is 71.0 Å². The Morgan fingerprint density at radius 1 is 1.04 bits per heavy atom. The van der Waals surface area contributed by atoms with Crippen LogP contribution < -0.4 is 11.1 Å². The smallest absolute Gasteiger partial charge is 0.0900 e. The molecule has 0 aromatic heterocycles. The molecule has 0 fully saturated rings. The normalized spacial score (nSPS) is 12.4. The second-order valence-corrected chi connectivity index (χ2v) is 6.97. The average Bonchev–Trinajstić information content (AvgIpc) is 2.61. The number of halogens is 1. The van der Waals surface area contributed by atoms with E-state index in [1.165, 1.54) is 0 Å².